The van der Waals surface area contributed by atoms with Crippen LogP contribution in [0, 0.1) is 16.7 Å². The third-order valence-corrected chi connectivity index (χ3v) is 9.54. The second kappa shape index (κ2) is 10.6. The predicted molar refractivity (Wildman–Crippen MR) is 158 cm³/mol. The van der Waals surface area contributed by atoms with Crippen molar-refractivity contribution >= 4 is 29.2 Å². The van der Waals surface area contributed by atoms with Crippen LogP contribution in [0.1, 0.15) is 56.3 Å². The Hall–Kier alpha value is -4.33. The highest BCUT2D eigenvalue weighted by Gasteiger charge is 2.79. The van der Waals surface area contributed by atoms with Crippen molar-refractivity contribution < 1.29 is 44.3 Å². The average Bonchev–Trinajstić information content (AvgIpc) is 2.92. The maximum absolute atomic E-state index is 14.6. The van der Waals surface area contributed by atoms with Gasteiger partial charge in [-0.05, 0) is 37.9 Å². The summed E-state index contributed by atoms with van der Waals surface area (Å²) in [6, 6.07) is 1.22. The molecule has 6 atom stereocenters. The number of esters is 1. The first-order valence-corrected chi connectivity index (χ1v) is 14.1. The molecule has 4 rings (SSSR count). The number of aromatic hydroxyl groups is 1. The minimum atomic E-state index is -3.06. The van der Waals surface area contributed by atoms with E-state index in [1.165, 1.54) is 33.2 Å². The number of phenols is 1. The smallest absolute Gasteiger partial charge is 0.302 e. The van der Waals surface area contributed by atoms with Gasteiger partial charge in [-0.1, -0.05) is 26.0 Å². The Bertz CT molecular complexity index is 1640. The second-order valence-electron chi connectivity index (χ2n) is 12.7. The lowest BCUT2D eigenvalue weighted by molar-refractivity contribution is -0.153. The van der Waals surface area contributed by atoms with Crippen LogP contribution in [0.2, 0.25) is 0 Å². The van der Waals surface area contributed by atoms with E-state index in [1.54, 1.807) is 19.9 Å². The van der Waals surface area contributed by atoms with Crippen molar-refractivity contribution in [3.8, 4) is 11.8 Å². The number of benzene rings is 1. The zero-order valence-electron chi connectivity index (χ0n) is 25.5. The number of aliphatic hydroxyl groups excluding tert-OH is 3. The van der Waals surface area contributed by atoms with Gasteiger partial charge < -0.3 is 48.1 Å². The van der Waals surface area contributed by atoms with Crippen LogP contribution < -0.4 is 22.9 Å². The first-order valence-electron chi connectivity index (χ1n) is 14.1. The summed E-state index contributed by atoms with van der Waals surface area (Å²) in [7, 11) is 2.65. The Morgan fingerprint density at radius 3 is 2.27 bits per heavy atom. The first kappa shape index (κ1) is 33.6. The normalized spacial score (nSPS) is 31.3. The van der Waals surface area contributed by atoms with E-state index in [1.807, 2.05) is 0 Å². The summed E-state index contributed by atoms with van der Waals surface area (Å²) >= 11 is 0. The molecule has 0 radical (unpaired) electrons. The quantitative estimate of drug-likeness (QED) is 0.102. The number of amides is 1. The highest BCUT2D eigenvalue weighted by atomic mass is 16.5. The van der Waals surface area contributed by atoms with Gasteiger partial charge in [0.25, 0.3) is 5.91 Å². The third-order valence-electron chi connectivity index (χ3n) is 9.54. The van der Waals surface area contributed by atoms with Crippen molar-refractivity contribution in [3.05, 3.63) is 45.7 Å². The molecule has 3 aliphatic carbocycles. The molecule has 15 nitrogen and oxygen atoms in total. The zero-order chi connectivity index (χ0) is 34.2. The number of Topliss-reactive ketones (excluding diaryl/α,β-unsaturated/α-hetero) is 2. The van der Waals surface area contributed by atoms with Gasteiger partial charge in [-0.3, -0.25) is 24.1 Å². The Kier molecular flexibility index (Phi) is 7.93. The summed E-state index contributed by atoms with van der Waals surface area (Å²) in [5, 5.41) is 57.2. The number of aliphatic hydroxyl groups is 3. The molecule has 1 fully saturated rings. The molecule has 0 aromatic heterocycles. The Morgan fingerprint density at radius 2 is 1.76 bits per heavy atom. The first-order chi connectivity index (χ1) is 20.7. The van der Waals surface area contributed by atoms with Crippen LogP contribution in [0.3, 0.4) is 0 Å². The molecule has 1 amide bonds. The summed E-state index contributed by atoms with van der Waals surface area (Å²) < 4.78 is 4.99. The highest BCUT2D eigenvalue weighted by Crippen LogP contribution is 2.60. The fourth-order valence-corrected chi connectivity index (χ4v) is 7.29. The number of carbonyl (C=O) groups excluding carboxylic acids is 4. The van der Waals surface area contributed by atoms with E-state index >= 15 is 0 Å². The Labute approximate surface area is 258 Å². The van der Waals surface area contributed by atoms with Gasteiger partial charge in [0.05, 0.1) is 41.4 Å². The number of hydrogen-bond acceptors (Lipinski definition) is 14. The molecule has 1 aromatic carbocycles. The van der Waals surface area contributed by atoms with Crippen molar-refractivity contribution in [3.63, 3.8) is 0 Å². The fraction of sp³-hybridized carbons (Fsp3) is 0.500. The Balaban J connectivity index is 2.03. The average molecular weight is 627 g/mol. The summed E-state index contributed by atoms with van der Waals surface area (Å²) in [4.78, 5) is 52.8. The van der Waals surface area contributed by atoms with Crippen LogP contribution >= 0.6 is 0 Å². The third kappa shape index (κ3) is 4.14. The van der Waals surface area contributed by atoms with Gasteiger partial charge in [-0.2, -0.15) is 5.26 Å². The van der Waals surface area contributed by atoms with Gasteiger partial charge >= 0.3 is 5.97 Å². The number of nitriles is 1. The number of carbonyl (C=O) groups is 4. The number of hydrogen-bond donors (Lipinski definition) is 8. The number of ether oxygens (including phenoxy) is 1. The molecule has 1 aromatic rings. The highest BCUT2D eigenvalue weighted by molar-refractivity contribution is 6.26. The van der Waals surface area contributed by atoms with Gasteiger partial charge in [0.15, 0.2) is 17.0 Å². The molecular formula is C30H38N6O9. The number of nitrogens with two attached hydrogens (primary N) is 4. The SMILES string of the molecule is CC(=O)OCCCC(C)(C)c1ccc2c(c1O)C(O)=C1C(=O)[C@]3(C#N)C(O)=C(C(N)=O)C(=O)[C@@H](N(C)C)[C@]3(N)[C@@H](O)[C@]1(N)[C@H]2N. The molecule has 242 valence electrons. The maximum atomic E-state index is 14.6. The molecule has 15 heteroatoms. The van der Waals surface area contributed by atoms with E-state index in [9.17, 15) is 44.9 Å². The zero-order valence-corrected chi connectivity index (χ0v) is 25.5. The molecule has 45 heavy (non-hydrogen) atoms. The van der Waals surface area contributed by atoms with Crippen LogP contribution in [0.15, 0.2) is 29.0 Å². The van der Waals surface area contributed by atoms with Crippen LogP contribution in [0.4, 0.5) is 0 Å². The molecule has 0 saturated heterocycles. The minimum absolute atomic E-state index is 0.0109. The van der Waals surface area contributed by atoms with E-state index in [0.29, 0.717) is 18.4 Å². The lowest BCUT2D eigenvalue weighted by Crippen LogP contribution is -2.87. The van der Waals surface area contributed by atoms with E-state index in [4.69, 9.17) is 27.7 Å². The molecular weight excluding hydrogens is 588 g/mol. The standard InChI is InChI=1S/C30H38N6O9/c1-12(37)45-10-6-9-27(2,3)14-8-7-13-15(18(14)38)19(39)17-24(42)28(11-31)23(41)16(25(33)43)20(40)22(36(4)5)30(28,35)26(44)29(17,34)21(13)32/h7-8,21-22,26,38-39,41,44H,6,9-10,32,34-35H2,1-5H3,(H2,33,43)/t21-,22+,26-,28-,29+,30-/m0/s1. The van der Waals surface area contributed by atoms with E-state index in [-0.39, 0.29) is 17.7 Å². The molecule has 0 heterocycles. The van der Waals surface area contributed by atoms with Crippen LogP contribution in [-0.2, 0) is 29.3 Å². The fourth-order valence-electron chi connectivity index (χ4n) is 7.29. The van der Waals surface area contributed by atoms with Crippen molar-refractivity contribution in [1.29, 1.82) is 5.26 Å². The summed E-state index contributed by atoms with van der Waals surface area (Å²) in [5.41, 5.74) is 14.5. The summed E-state index contributed by atoms with van der Waals surface area (Å²) in [6.45, 7) is 4.99. The van der Waals surface area contributed by atoms with E-state index in [0.717, 1.165) is 4.90 Å². The van der Waals surface area contributed by atoms with Crippen molar-refractivity contribution in [2.24, 2.45) is 28.3 Å². The van der Waals surface area contributed by atoms with E-state index in [2.05, 4.69) is 0 Å². The van der Waals surface area contributed by atoms with Gasteiger partial charge in [0, 0.05) is 12.5 Å². The topological polar surface area (TPSA) is 290 Å². The number of ketones is 2. The second-order valence-corrected chi connectivity index (χ2v) is 12.7. The van der Waals surface area contributed by atoms with Gasteiger partial charge in [-0.25, -0.2) is 0 Å². The van der Waals surface area contributed by atoms with Crippen LogP contribution in [0.25, 0.3) is 5.76 Å². The number of fused-ring (bicyclic) bond motifs is 3. The molecule has 0 unspecified atom stereocenters. The monoisotopic (exact) mass is 626 g/mol. The van der Waals surface area contributed by atoms with Crippen LogP contribution in [-0.4, -0.2) is 92.7 Å². The molecule has 0 spiro atoms. The number of phenolic OH excluding ortho intramolecular Hbond substituents is 1. The molecule has 1 saturated carbocycles. The predicted octanol–water partition coefficient (Wildman–Crippen LogP) is -1.05. The number of rotatable bonds is 7. The molecule has 0 bridgehead atoms. The van der Waals surface area contributed by atoms with Crippen molar-refractivity contribution in [1.82, 2.24) is 4.90 Å². The number of nitrogens with zero attached hydrogens (tertiary/aromatic N) is 2. The van der Waals surface area contributed by atoms with Gasteiger partial charge in [-0.15, -0.1) is 0 Å². The van der Waals surface area contributed by atoms with Crippen LogP contribution in [0.5, 0.6) is 5.75 Å². The number of likely N-dealkylation sites (N-methyl/N-ethyl adjacent to an activating group) is 1. The number of primary amides is 1. The maximum Gasteiger partial charge on any atom is 0.302 e. The van der Waals surface area contributed by atoms with Gasteiger partial charge in [0.2, 0.25) is 0 Å². The summed E-state index contributed by atoms with van der Waals surface area (Å²) in [5.74, 6) is -7.35. The van der Waals surface area contributed by atoms with Gasteiger partial charge in [0.1, 0.15) is 34.5 Å². The lowest BCUT2D eigenvalue weighted by Gasteiger charge is -2.62. The largest absolute Gasteiger partial charge is 0.509 e. The molecule has 12 N–H and O–H groups in total. The molecule has 0 aliphatic heterocycles. The Morgan fingerprint density at radius 1 is 1.16 bits per heavy atom. The van der Waals surface area contributed by atoms with Crippen molar-refractivity contribution in [2.75, 3.05) is 20.7 Å². The van der Waals surface area contributed by atoms with E-state index < -0.39 is 92.0 Å². The lowest BCUT2D eigenvalue weighted by atomic mass is 9.45. The summed E-state index contributed by atoms with van der Waals surface area (Å²) in [6.07, 6.45) is -1.46. The van der Waals surface area contributed by atoms with Crippen molar-refractivity contribution in [2.45, 2.75) is 68.3 Å². The minimum Gasteiger partial charge on any atom is -0.509 e. The molecule has 3 aliphatic rings.